The van der Waals surface area contributed by atoms with Gasteiger partial charge < -0.3 is 9.73 Å². The van der Waals surface area contributed by atoms with Gasteiger partial charge in [-0.25, -0.2) is 8.42 Å². The molecule has 0 unspecified atom stereocenters. The van der Waals surface area contributed by atoms with E-state index in [0.29, 0.717) is 16.3 Å². The molecule has 2 heterocycles. The average molecular weight is 376 g/mol. The smallest absolute Gasteiger partial charge is 0.264 e. The Morgan fingerprint density at radius 3 is 2.60 bits per heavy atom. The standard InChI is InChI=1S/C17H16N2O4S2/c1-19(25(21,22)14-7-3-2-4-8-14)15-9-11-24-16(15)17(20)18-12-13-6-5-10-23-13/h2-11H,12H2,1H3,(H,18,20). The molecule has 1 N–H and O–H groups in total. The predicted octanol–water partition coefficient (Wildman–Crippen LogP) is 3.10. The maximum atomic E-state index is 12.7. The van der Waals surface area contributed by atoms with Gasteiger partial charge in [-0.05, 0) is 35.7 Å². The maximum absolute atomic E-state index is 12.7. The summed E-state index contributed by atoms with van der Waals surface area (Å²) in [5, 5.41) is 4.42. The van der Waals surface area contributed by atoms with Crippen molar-refractivity contribution in [1.29, 1.82) is 0 Å². The van der Waals surface area contributed by atoms with Crippen LogP contribution in [0.3, 0.4) is 0 Å². The van der Waals surface area contributed by atoms with E-state index in [1.54, 1.807) is 41.8 Å². The van der Waals surface area contributed by atoms with Crippen LogP contribution in [0.4, 0.5) is 5.69 Å². The van der Waals surface area contributed by atoms with Gasteiger partial charge in [0.05, 0.1) is 23.4 Å². The van der Waals surface area contributed by atoms with Gasteiger partial charge in [0.15, 0.2) is 0 Å². The van der Waals surface area contributed by atoms with Gasteiger partial charge in [-0.2, -0.15) is 0 Å². The Labute approximate surface area is 149 Å². The van der Waals surface area contributed by atoms with Crippen molar-refractivity contribution in [2.45, 2.75) is 11.4 Å². The van der Waals surface area contributed by atoms with E-state index in [4.69, 9.17) is 4.42 Å². The van der Waals surface area contributed by atoms with E-state index in [0.717, 1.165) is 4.31 Å². The van der Waals surface area contributed by atoms with Crippen molar-refractivity contribution in [2.75, 3.05) is 11.4 Å². The summed E-state index contributed by atoms with van der Waals surface area (Å²) in [7, 11) is -2.30. The minimum absolute atomic E-state index is 0.172. The first-order chi connectivity index (χ1) is 12.0. The molecule has 0 aliphatic rings. The highest BCUT2D eigenvalue weighted by atomic mass is 32.2. The van der Waals surface area contributed by atoms with E-state index in [1.165, 1.54) is 36.8 Å². The second-order valence-corrected chi connectivity index (χ2v) is 8.07. The van der Waals surface area contributed by atoms with Crippen molar-refractivity contribution in [3.8, 4) is 0 Å². The van der Waals surface area contributed by atoms with Gasteiger partial charge in [-0.3, -0.25) is 9.10 Å². The Kier molecular flexibility index (Phi) is 4.91. The van der Waals surface area contributed by atoms with Crippen molar-refractivity contribution < 1.29 is 17.6 Å². The van der Waals surface area contributed by atoms with Gasteiger partial charge >= 0.3 is 0 Å². The summed E-state index contributed by atoms with van der Waals surface area (Å²) in [6, 6.07) is 13.2. The first-order valence-corrected chi connectivity index (χ1v) is 9.74. The fourth-order valence-corrected chi connectivity index (χ4v) is 4.39. The summed E-state index contributed by atoms with van der Waals surface area (Å²) in [6.45, 7) is 0.234. The molecule has 0 saturated carbocycles. The number of rotatable bonds is 6. The molecule has 0 fully saturated rings. The molecular weight excluding hydrogens is 360 g/mol. The number of hydrogen-bond acceptors (Lipinski definition) is 5. The molecule has 130 valence electrons. The molecule has 1 aromatic carbocycles. The lowest BCUT2D eigenvalue weighted by Gasteiger charge is -2.19. The van der Waals surface area contributed by atoms with E-state index < -0.39 is 10.0 Å². The van der Waals surface area contributed by atoms with Crippen LogP contribution in [0, 0.1) is 0 Å². The molecule has 0 bridgehead atoms. The van der Waals surface area contributed by atoms with Crippen molar-refractivity contribution in [1.82, 2.24) is 5.32 Å². The number of carbonyl (C=O) groups excluding carboxylic acids is 1. The number of hydrogen-bond donors (Lipinski definition) is 1. The topological polar surface area (TPSA) is 79.6 Å². The zero-order valence-electron chi connectivity index (χ0n) is 13.4. The highest BCUT2D eigenvalue weighted by Gasteiger charge is 2.26. The Balaban J connectivity index is 1.82. The molecule has 25 heavy (non-hydrogen) atoms. The third-order valence-electron chi connectivity index (χ3n) is 3.59. The van der Waals surface area contributed by atoms with Crippen LogP contribution in [0.15, 0.2) is 69.5 Å². The number of nitrogens with one attached hydrogen (secondary N) is 1. The zero-order valence-corrected chi connectivity index (χ0v) is 15.0. The van der Waals surface area contributed by atoms with Crippen molar-refractivity contribution in [2.24, 2.45) is 0 Å². The third-order valence-corrected chi connectivity index (χ3v) is 6.28. The Bertz CT molecular complexity index is 948. The summed E-state index contributed by atoms with van der Waals surface area (Å²) < 4.78 is 31.8. The van der Waals surface area contributed by atoms with Gasteiger partial charge in [0.1, 0.15) is 10.6 Å². The molecule has 0 aliphatic carbocycles. The first-order valence-electron chi connectivity index (χ1n) is 7.42. The first kappa shape index (κ1) is 17.2. The Morgan fingerprint density at radius 2 is 1.92 bits per heavy atom. The number of anilines is 1. The molecule has 3 rings (SSSR count). The fourth-order valence-electron chi connectivity index (χ4n) is 2.26. The van der Waals surface area contributed by atoms with Crippen LogP contribution in [-0.4, -0.2) is 21.4 Å². The summed E-state index contributed by atoms with van der Waals surface area (Å²) in [5.41, 5.74) is 0.339. The molecule has 0 radical (unpaired) electrons. The summed E-state index contributed by atoms with van der Waals surface area (Å²) >= 11 is 1.19. The summed E-state index contributed by atoms with van der Waals surface area (Å²) in [4.78, 5) is 12.9. The van der Waals surface area contributed by atoms with Gasteiger partial charge in [0.2, 0.25) is 0 Å². The number of carbonyl (C=O) groups is 1. The quantitative estimate of drug-likeness (QED) is 0.717. The number of benzene rings is 1. The van der Waals surface area contributed by atoms with E-state index in [1.807, 2.05) is 0 Å². The molecule has 0 aliphatic heterocycles. The second-order valence-electron chi connectivity index (χ2n) is 5.18. The molecule has 0 spiro atoms. The van der Waals surface area contributed by atoms with E-state index >= 15 is 0 Å². The molecule has 0 saturated heterocycles. The van der Waals surface area contributed by atoms with Gasteiger partial charge in [-0.1, -0.05) is 18.2 Å². The van der Waals surface area contributed by atoms with Gasteiger partial charge in [0.25, 0.3) is 15.9 Å². The number of thiophene rings is 1. The minimum Gasteiger partial charge on any atom is -0.467 e. The van der Waals surface area contributed by atoms with Crippen molar-refractivity contribution in [3.05, 3.63) is 70.8 Å². The van der Waals surface area contributed by atoms with Crippen molar-refractivity contribution in [3.63, 3.8) is 0 Å². The lowest BCUT2D eigenvalue weighted by Crippen LogP contribution is -2.29. The Morgan fingerprint density at radius 1 is 1.16 bits per heavy atom. The zero-order chi connectivity index (χ0) is 17.9. The predicted molar refractivity (Wildman–Crippen MR) is 96.2 cm³/mol. The lowest BCUT2D eigenvalue weighted by atomic mass is 10.3. The monoisotopic (exact) mass is 376 g/mol. The molecule has 6 nitrogen and oxygen atoms in total. The Hall–Kier alpha value is -2.58. The molecule has 2 aromatic heterocycles. The number of amides is 1. The van der Waals surface area contributed by atoms with Crippen LogP contribution >= 0.6 is 11.3 Å². The minimum atomic E-state index is -3.73. The largest absolute Gasteiger partial charge is 0.467 e. The maximum Gasteiger partial charge on any atom is 0.264 e. The van der Waals surface area contributed by atoms with Gasteiger partial charge in [-0.15, -0.1) is 11.3 Å². The highest BCUT2D eigenvalue weighted by Crippen LogP contribution is 2.29. The number of sulfonamides is 1. The van der Waals surface area contributed by atoms with Crippen LogP contribution in [-0.2, 0) is 16.6 Å². The fraction of sp³-hybridized carbons (Fsp3) is 0.118. The van der Waals surface area contributed by atoms with Crippen molar-refractivity contribution >= 4 is 33.0 Å². The molecule has 3 aromatic rings. The SMILES string of the molecule is CN(c1ccsc1C(=O)NCc1ccco1)S(=O)(=O)c1ccccc1. The van der Waals surface area contributed by atoms with Gasteiger partial charge in [0, 0.05) is 7.05 Å². The second kappa shape index (κ2) is 7.12. The molecule has 1 amide bonds. The van der Waals surface area contributed by atoms with Crippen LogP contribution in [0.5, 0.6) is 0 Å². The molecule has 8 heteroatoms. The van der Waals surface area contributed by atoms with E-state index in [-0.39, 0.29) is 17.3 Å². The lowest BCUT2D eigenvalue weighted by molar-refractivity contribution is 0.0952. The van der Waals surface area contributed by atoms with Crippen LogP contribution in [0.2, 0.25) is 0 Å². The normalized spacial score (nSPS) is 11.2. The van der Waals surface area contributed by atoms with E-state index in [2.05, 4.69) is 5.32 Å². The number of furan rings is 1. The summed E-state index contributed by atoms with van der Waals surface area (Å²) in [6.07, 6.45) is 1.53. The number of nitrogens with zero attached hydrogens (tertiary/aromatic N) is 1. The molecule has 0 atom stereocenters. The summed E-state index contributed by atoms with van der Waals surface area (Å²) in [5.74, 6) is 0.272. The van der Waals surface area contributed by atoms with Crippen LogP contribution < -0.4 is 9.62 Å². The average Bonchev–Trinajstić information content (AvgIpc) is 3.31. The van der Waals surface area contributed by atoms with Crippen LogP contribution in [0.1, 0.15) is 15.4 Å². The van der Waals surface area contributed by atoms with E-state index in [9.17, 15) is 13.2 Å². The third kappa shape index (κ3) is 3.59. The highest BCUT2D eigenvalue weighted by molar-refractivity contribution is 7.92. The molecular formula is C17H16N2O4S2. The van der Waals surface area contributed by atoms with Crippen LogP contribution in [0.25, 0.3) is 0 Å².